The summed E-state index contributed by atoms with van der Waals surface area (Å²) in [4.78, 5) is 3.99. The van der Waals surface area contributed by atoms with Gasteiger partial charge in [-0.05, 0) is 32.4 Å². The lowest BCUT2D eigenvalue weighted by molar-refractivity contribution is 0.443. The van der Waals surface area contributed by atoms with Crippen molar-refractivity contribution in [2.45, 2.75) is 30.7 Å². The predicted octanol–water partition coefficient (Wildman–Crippen LogP) is 1.92. The van der Waals surface area contributed by atoms with Crippen LogP contribution in [0, 0.1) is 0 Å². The number of nitrogens with one attached hydrogen (secondary N) is 1. The summed E-state index contributed by atoms with van der Waals surface area (Å²) in [5, 5.41) is 0.746. The van der Waals surface area contributed by atoms with Gasteiger partial charge in [0, 0.05) is 23.3 Å². The van der Waals surface area contributed by atoms with Crippen LogP contribution in [0.4, 0.5) is 0 Å². The fourth-order valence-corrected chi connectivity index (χ4v) is 3.61. The van der Waals surface area contributed by atoms with E-state index in [1.165, 1.54) is 12.3 Å². The molecule has 0 aliphatic carbocycles. The molecule has 0 saturated heterocycles. The molecule has 1 aromatic rings. The molecule has 0 spiro atoms. The molecule has 16 heavy (non-hydrogen) atoms. The number of rotatable bonds is 5. The highest BCUT2D eigenvalue weighted by molar-refractivity contribution is 9.09. The number of nitrogens with zero attached hydrogens (tertiary/aromatic N) is 1. The highest BCUT2D eigenvalue weighted by atomic mass is 79.9. The fraction of sp³-hybridized carbons (Fsp3) is 0.500. The van der Waals surface area contributed by atoms with Gasteiger partial charge in [-0.25, -0.2) is 13.1 Å². The van der Waals surface area contributed by atoms with Crippen molar-refractivity contribution in [3.8, 4) is 0 Å². The zero-order chi connectivity index (χ0) is 12.2. The maximum Gasteiger partial charge on any atom is 0.242 e. The Morgan fingerprint density at radius 1 is 1.50 bits per heavy atom. The SMILES string of the molecule is CC(C)(CCBr)NS(=O)(=O)c1cccnc1. The molecule has 6 heteroatoms. The van der Waals surface area contributed by atoms with Crippen LogP contribution in [0.5, 0.6) is 0 Å². The van der Waals surface area contributed by atoms with E-state index in [0.717, 1.165) is 5.33 Å². The molecule has 1 N–H and O–H groups in total. The number of aromatic nitrogens is 1. The summed E-state index contributed by atoms with van der Waals surface area (Å²) in [6, 6.07) is 3.13. The maximum absolute atomic E-state index is 12.0. The molecule has 0 amide bonds. The minimum Gasteiger partial charge on any atom is -0.263 e. The van der Waals surface area contributed by atoms with Gasteiger partial charge in [-0.3, -0.25) is 4.98 Å². The van der Waals surface area contributed by atoms with Crippen LogP contribution in [-0.4, -0.2) is 24.3 Å². The van der Waals surface area contributed by atoms with Crippen molar-refractivity contribution in [1.82, 2.24) is 9.71 Å². The molecule has 0 aromatic carbocycles. The number of pyridine rings is 1. The number of sulfonamides is 1. The van der Waals surface area contributed by atoms with E-state index in [4.69, 9.17) is 0 Å². The van der Waals surface area contributed by atoms with E-state index in [1.54, 1.807) is 12.3 Å². The van der Waals surface area contributed by atoms with Gasteiger partial charge < -0.3 is 0 Å². The Morgan fingerprint density at radius 3 is 2.69 bits per heavy atom. The lowest BCUT2D eigenvalue weighted by Crippen LogP contribution is -2.43. The van der Waals surface area contributed by atoms with Gasteiger partial charge >= 0.3 is 0 Å². The lowest BCUT2D eigenvalue weighted by Gasteiger charge is -2.24. The third-order valence-electron chi connectivity index (χ3n) is 2.07. The molecule has 0 bridgehead atoms. The van der Waals surface area contributed by atoms with Crippen molar-refractivity contribution in [3.63, 3.8) is 0 Å². The molecule has 0 fully saturated rings. The Labute approximate surface area is 105 Å². The summed E-state index contributed by atoms with van der Waals surface area (Å²) in [5.74, 6) is 0. The number of hydrogen-bond acceptors (Lipinski definition) is 3. The first-order valence-corrected chi connectivity index (χ1v) is 7.48. The van der Waals surface area contributed by atoms with Gasteiger partial charge in [-0.1, -0.05) is 15.9 Å². The van der Waals surface area contributed by atoms with Crippen LogP contribution in [-0.2, 0) is 10.0 Å². The van der Waals surface area contributed by atoms with Crippen LogP contribution in [0.3, 0.4) is 0 Å². The summed E-state index contributed by atoms with van der Waals surface area (Å²) < 4.78 is 26.6. The number of alkyl halides is 1. The van der Waals surface area contributed by atoms with E-state index in [-0.39, 0.29) is 4.90 Å². The van der Waals surface area contributed by atoms with Crippen molar-refractivity contribution < 1.29 is 8.42 Å². The standard InChI is InChI=1S/C10H15BrN2O2S/c1-10(2,5-6-11)13-16(14,15)9-4-3-7-12-8-9/h3-4,7-8,13H,5-6H2,1-2H3. The van der Waals surface area contributed by atoms with Crippen LogP contribution < -0.4 is 4.72 Å². The molecule has 1 rings (SSSR count). The Hall–Kier alpha value is -0.460. The van der Waals surface area contributed by atoms with E-state index in [1.807, 2.05) is 13.8 Å². The average molecular weight is 307 g/mol. The van der Waals surface area contributed by atoms with Gasteiger partial charge in [0.2, 0.25) is 10.0 Å². The van der Waals surface area contributed by atoms with Gasteiger partial charge in [0.15, 0.2) is 0 Å². The largest absolute Gasteiger partial charge is 0.263 e. The van der Waals surface area contributed by atoms with Crippen LogP contribution in [0.2, 0.25) is 0 Å². The van der Waals surface area contributed by atoms with Gasteiger partial charge in [-0.15, -0.1) is 0 Å². The van der Waals surface area contributed by atoms with Gasteiger partial charge in [0.05, 0.1) is 0 Å². The normalized spacial score (nSPS) is 12.7. The van der Waals surface area contributed by atoms with E-state index >= 15 is 0 Å². The van der Waals surface area contributed by atoms with Crippen LogP contribution in [0.1, 0.15) is 20.3 Å². The molecule has 0 saturated carbocycles. The third-order valence-corrected chi connectivity index (χ3v) is 4.15. The Morgan fingerprint density at radius 2 is 2.19 bits per heavy atom. The van der Waals surface area contributed by atoms with E-state index in [0.29, 0.717) is 6.42 Å². The first-order chi connectivity index (χ1) is 7.37. The van der Waals surface area contributed by atoms with Crippen molar-refractivity contribution >= 4 is 26.0 Å². The predicted molar refractivity (Wildman–Crippen MR) is 67.0 cm³/mol. The van der Waals surface area contributed by atoms with Gasteiger partial charge in [0.1, 0.15) is 4.90 Å². The summed E-state index contributed by atoms with van der Waals surface area (Å²) in [6.07, 6.45) is 3.60. The number of hydrogen-bond donors (Lipinski definition) is 1. The highest BCUT2D eigenvalue weighted by Gasteiger charge is 2.25. The van der Waals surface area contributed by atoms with Crippen molar-refractivity contribution in [3.05, 3.63) is 24.5 Å². The fourth-order valence-electron chi connectivity index (χ4n) is 1.22. The maximum atomic E-state index is 12.0. The second-order valence-electron chi connectivity index (χ2n) is 4.12. The second-order valence-corrected chi connectivity index (χ2v) is 6.59. The molecular weight excluding hydrogens is 292 g/mol. The second kappa shape index (κ2) is 5.25. The van der Waals surface area contributed by atoms with Crippen molar-refractivity contribution in [2.75, 3.05) is 5.33 Å². The smallest absolute Gasteiger partial charge is 0.242 e. The molecule has 0 aliphatic heterocycles. The van der Waals surface area contributed by atoms with Crippen LogP contribution >= 0.6 is 15.9 Å². The molecule has 0 atom stereocenters. The van der Waals surface area contributed by atoms with Gasteiger partial charge in [-0.2, -0.15) is 0 Å². The van der Waals surface area contributed by atoms with Crippen molar-refractivity contribution in [1.29, 1.82) is 0 Å². The average Bonchev–Trinajstić information content (AvgIpc) is 2.17. The lowest BCUT2D eigenvalue weighted by atomic mass is 10.0. The molecule has 4 nitrogen and oxygen atoms in total. The molecule has 90 valence electrons. The summed E-state index contributed by atoms with van der Waals surface area (Å²) in [7, 11) is -3.47. The summed E-state index contributed by atoms with van der Waals surface area (Å²) >= 11 is 3.30. The molecular formula is C10H15BrN2O2S. The number of halogens is 1. The molecule has 1 heterocycles. The van der Waals surface area contributed by atoms with E-state index in [9.17, 15) is 8.42 Å². The Kier molecular flexibility index (Phi) is 4.46. The minimum atomic E-state index is -3.47. The van der Waals surface area contributed by atoms with Crippen LogP contribution in [0.15, 0.2) is 29.4 Å². The molecule has 1 aromatic heterocycles. The summed E-state index contributed by atoms with van der Waals surface area (Å²) in [5.41, 5.74) is -0.474. The van der Waals surface area contributed by atoms with Crippen molar-refractivity contribution in [2.24, 2.45) is 0 Å². The van der Waals surface area contributed by atoms with Crippen LogP contribution in [0.25, 0.3) is 0 Å². The molecule has 0 unspecified atom stereocenters. The zero-order valence-corrected chi connectivity index (χ0v) is 11.7. The first kappa shape index (κ1) is 13.6. The monoisotopic (exact) mass is 306 g/mol. The first-order valence-electron chi connectivity index (χ1n) is 4.87. The minimum absolute atomic E-state index is 0.192. The molecule has 0 radical (unpaired) electrons. The van der Waals surface area contributed by atoms with Gasteiger partial charge in [0.25, 0.3) is 0 Å². The molecule has 0 aliphatic rings. The topological polar surface area (TPSA) is 59.1 Å². The Balaban J connectivity index is 2.89. The summed E-state index contributed by atoms with van der Waals surface area (Å²) in [6.45, 7) is 3.70. The quantitative estimate of drug-likeness (QED) is 0.846. The zero-order valence-electron chi connectivity index (χ0n) is 9.27. The van der Waals surface area contributed by atoms with E-state index < -0.39 is 15.6 Å². The third kappa shape index (κ3) is 3.84. The van der Waals surface area contributed by atoms with E-state index in [2.05, 4.69) is 25.6 Å². The highest BCUT2D eigenvalue weighted by Crippen LogP contribution is 2.15. The Bertz CT molecular complexity index is 431.